The van der Waals surface area contributed by atoms with Gasteiger partial charge in [0.1, 0.15) is 0 Å². The van der Waals surface area contributed by atoms with Crippen molar-refractivity contribution >= 4 is 0 Å². The van der Waals surface area contributed by atoms with Crippen molar-refractivity contribution in [3.8, 4) is 0 Å². The Morgan fingerprint density at radius 3 is 2.31 bits per heavy atom. The van der Waals surface area contributed by atoms with E-state index in [1.807, 2.05) is 0 Å². The average molecular weight is 184 g/mol. The van der Waals surface area contributed by atoms with Crippen molar-refractivity contribution < 1.29 is 0 Å². The Bertz CT molecular complexity index is 152. The van der Waals surface area contributed by atoms with E-state index in [1.54, 1.807) is 0 Å². The standard InChI is InChI=1S/C11H24N2/c1-5-12-10(3)13(6-2)11(4)8-7-9-11/h10,12H,5-9H2,1-4H3. The molecule has 0 radical (unpaired) electrons. The van der Waals surface area contributed by atoms with E-state index in [0.717, 1.165) is 13.1 Å². The van der Waals surface area contributed by atoms with Crippen LogP contribution >= 0.6 is 0 Å². The smallest absolute Gasteiger partial charge is 0.0572 e. The third-order valence-electron chi connectivity index (χ3n) is 3.43. The van der Waals surface area contributed by atoms with Gasteiger partial charge in [0.15, 0.2) is 0 Å². The molecule has 0 spiro atoms. The molecule has 78 valence electrons. The molecule has 1 rings (SSSR count). The predicted molar refractivity (Wildman–Crippen MR) is 57.8 cm³/mol. The molecule has 1 unspecified atom stereocenters. The van der Waals surface area contributed by atoms with Gasteiger partial charge in [-0.25, -0.2) is 0 Å². The zero-order valence-corrected chi connectivity index (χ0v) is 9.56. The monoisotopic (exact) mass is 184 g/mol. The molecule has 2 nitrogen and oxygen atoms in total. The van der Waals surface area contributed by atoms with Crippen molar-refractivity contribution in [3.63, 3.8) is 0 Å². The molecule has 1 aliphatic carbocycles. The summed E-state index contributed by atoms with van der Waals surface area (Å²) in [6, 6.07) is 0. The lowest BCUT2D eigenvalue weighted by Crippen LogP contribution is -2.58. The third kappa shape index (κ3) is 2.23. The van der Waals surface area contributed by atoms with E-state index in [-0.39, 0.29) is 0 Å². The summed E-state index contributed by atoms with van der Waals surface area (Å²) in [7, 11) is 0. The zero-order chi connectivity index (χ0) is 9.90. The molecule has 1 saturated carbocycles. The summed E-state index contributed by atoms with van der Waals surface area (Å²) < 4.78 is 0. The lowest BCUT2D eigenvalue weighted by Gasteiger charge is -2.50. The van der Waals surface area contributed by atoms with Crippen LogP contribution in [0.5, 0.6) is 0 Å². The van der Waals surface area contributed by atoms with Crippen molar-refractivity contribution in [2.75, 3.05) is 13.1 Å². The van der Waals surface area contributed by atoms with Crippen molar-refractivity contribution in [2.24, 2.45) is 0 Å². The van der Waals surface area contributed by atoms with Gasteiger partial charge in [-0.3, -0.25) is 4.90 Å². The topological polar surface area (TPSA) is 15.3 Å². The molecule has 0 amide bonds. The van der Waals surface area contributed by atoms with Crippen LogP contribution in [0.2, 0.25) is 0 Å². The second kappa shape index (κ2) is 4.43. The number of hydrogen-bond donors (Lipinski definition) is 1. The molecule has 0 aromatic rings. The van der Waals surface area contributed by atoms with Crippen LogP contribution in [-0.4, -0.2) is 29.7 Å². The molecular weight excluding hydrogens is 160 g/mol. The Morgan fingerprint density at radius 1 is 1.38 bits per heavy atom. The summed E-state index contributed by atoms with van der Waals surface area (Å²) in [5.41, 5.74) is 0.482. The highest BCUT2D eigenvalue weighted by Gasteiger charge is 2.38. The maximum Gasteiger partial charge on any atom is 0.0572 e. The number of hydrogen-bond acceptors (Lipinski definition) is 2. The van der Waals surface area contributed by atoms with E-state index in [0.29, 0.717) is 11.7 Å². The fourth-order valence-electron chi connectivity index (χ4n) is 2.50. The third-order valence-corrected chi connectivity index (χ3v) is 3.43. The normalized spacial score (nSPS) is 22.8. The lowest BCUT2D eigenvalue weighted by atomic mass is 9.76. The molecule has 2 heteroatoms. The molecule has 0 saturated heterocycles. The Hall–Kier alpha value is -0.0800. The van der Waals surface area contributed by atoms with Crippen LogP contribution in [0, 0.1) is 0 Å². The molecule has 1 fully saturated rings. The van der Waals surface area contributed by atoms with Gasteiger partial charge < -0.3 is 5.32 Å². The van der Waals surface area contributed by atoms with E-state index in [1.165, 1.54) is 19.3 Å². The van der Waals surface area contributed by atoms with Crippen LogP contribution in [0.3, 0.4) is 0 Å². The van der Waals surface area contributed by atoms with Gasteiger partial charge in [-0.05, 0) is 46.2 Å². The Morgan fingerprint density at radius 2 is 2.00 bits per heavy atom. The largest absolute Gasteiger partial charge is 0.302 e. The molecule has 0 aromatic heterocycles. The van der Waals surface area contributed by atoms with Crippen LogP contribution < -0.4 is 5.32 Å². The maximum atomic E-state index is 3.50. The van der Waals surface area contributed by atoms with Crippen molar-refractivity contribution in [1.29, 1.82) is 0 Å². The van der Waals surface area contributed by atoms with Crippen LogP contribution in [0.25, 0.3) is 0 Å². The Labute approximate surface area is 82.7 Å². The minimum Gasteiger partial charge on any atom is -0.302 e. The molecule has 0 heterocycles. The van der Waals surface area contributed by atoms with Gasteiger partial charge in [0.05, 0.1) is 6.17 Å². The molecule has 1 atom stereocenters. The molecule has 0 aliphatic heterocycles. The van der Waals surface area contributed by atoms with Crippen LogP contribution in [0.4, 0.5) is 0 Å². The van der Waals surface area contributed by atoms with Crippen molar-refractivity contribution in [3.05, 3.63) is 0 Å². The summed E-state index contributed by atoms with van der Waals surface area (Å²) in [5, 5.41) is 3.50. The van der Waals surface area contributed by atoms with E-state index in [2.05, 4.69) is 37.9 Å². The van der Waals surface area contributed by atoms with Gasteiger partial charge in [0.2, 0.25) is 0 Å². The maximum absolute atomic E-state index is 3.50. The highest BCUT2D eigenvalue weighted by molar-refractivity contribution is 4.94. The SMILES string of the molecule is CCNC(C)N(CC)C1(C)CCC1. The summed E-state index contributed by atoms with van der Waals surface area (Å²) in [6.07, 6.45) is 4.68. The summed E-state index contributed by atoms with van der Waals surface area (Å²) in [6.45, 7) is 11.3. The molecule has 0 aromatic carbocycles. The number of nitrogens with one attached hydrogen (secondary N) is 1. The van der Waals surface area contributed by atoms with E-state index < -0.39 is 0 Å². The van der Waals surface area contributed by atoms with E-state index in [4.69, 9.17) is 0 Å². The summed E-state index contributed by atoms with van der Waals surface area (Å²) in [5.74, 6) is 0. The minimum absolute atomic E-state index is 0.482. The van der Waals surface area contributed by atoms with Crippen LogP contribution in [-0.2, 0) is 0 Å². The first kappa shape index (κ1) is 11.0. The Kier molecular flexibility index (Phi) is 3.74. The van der Waals surface area contributed by atoms with Gasteiger partial charge in [0.25, 0.3) is 0 Å². The summed E-state index contributed by atoms with van der Waals surface area (Å²) >= 11 is 0. The molecule has 13 heavy (non-hydrogen) atoms. The average Bonchev–Trinajstić information content (AvgIpc) is 2.03. The van der Waals surface area contributed by atoms with Crippen LogP contribution in [0.1, 0.15) is 47.0 Å². The first-order valence-corrected chi connectivity index (χ1v) is 5.64. The predicted octanol–water partition coefficient (Wildman–Crippen LogP) is 2.21. The molecule has 1 aliphatic rings. The highest BCUT2D eigenvalue weighted by Crippen LogP contribution is 2.37. The van der Waals surface area contributed by atoms with Crippen molar-refractivity contribution in [1.82, 2.24) is 10.2 Å². The van der Waals surface area contributed by atoms with Gasteiger partial charge in [-0.1, -0.05) is 13.8 Å². The zero-order valence-electron chi connectivity index (χ0n) is 9.56. The van der Waals surface area contributed by atoms with Gasteiger partial charge >= 0.3 is 0 Å². The van der Waals surface area contributed by atoms with E-state index in [9.17, 15) is 0 Å². The molecule has 0 bridgehead atoms. The van der Waals surface area contributed by atoms with Gasteiger partial charge in [-0.15, -0.1) is 0 Å². The number of nitrogens with zero attached hydrogens (tertiary/aromatic N) is 1. The van der Waals surface area contributed by atoms with Gasteiger partial charge in [-0.2, -0.15) is 0 Å². The number of rotatable bonds is 5. The fraction of sp³-hybridized carbons (Fsp3) is 1.00. The first-order chi connectivity index (χ1) is 6.14. The van der Waals surface area contributed by atoms with Gasteiger partial charge in [0, 0.05) is 5.54 Å². The highest BCUT2D eigenvalue weighted by atomic mass is 15.3. The second-order valence-corrected chi connectivity index (χ2v) is 4.37. The molecular formula is C11H24N2. The van der Waals surface area contributed by atoms with Crippen LogP contribution in [0.15, 0.2) is 0 Å². The minimum atomic E-state index is 0.482. The van der Waals surface area contributed by atoms with Crippen molar-refractivity contribution in [2.45, 2.75) is 58.7 Å². The quantitative estimate of drug-likeness (QED) is 0.659. The molecule has 1 N–H and O–H groups in total. The fourth-order valence-corrected chi connectivity index (χ4v) is 2.50. The Balaban J connectivity index is 2.50. The summed E-state index contributed by atoms with van der Waals surface area (Å²) in [4.78, 5) is 2.60. The first-order valence-electron chi connectivity index (χ1n) is 5.64. The lowest BCUT2D eigenvalue weighted by molar-refractivity contribution is -0.00403. The second-order valence-electron chi connectivity index (χ2n) is 4.37. The van der Waals surface area contributed by atoms with E-state index >= 15 is 0 Å².